The minimum atomic E-state index is -0.958. The van der Waals surface area contributed by atoms with Crippen LogP contribution in [0.25, 0.3) is 44.9 Å². The molecule has 0 fully saturated rings. The normalized spacial score (nSPS) is 11.5. The molecule has 44 heteroatoms. The molecule has 0 unspecified atom stereocenters. The molecular formula is C102H106Cl2F6N27O6PdRu2-7. The van der Waals surface area contributed by atoms with Crippen LogP contribution in [0.3, 0.4) is 0 Å². The smallest absolute Gasteiger partial charge is 0.144 e. The topological polar surface area (TPSA) is 336 Å². The van der Waals surface area contributed by atoms with Crippen LogP contribution >= 0.6 is 19.4 Å². The van der Waals surface area contributed by atoms with Gasteiger partial charge in [-0.05, 0) is 112 Å². The largest absolute Gasteiger partial charge is 0.489 e. The van der Waals surface area contributed by atoms with Crippen LogP contribution in [0, 0.1) is 69.8 Å². The second-order valence-corrected chi connectivity index (χ2v) is 29.3. The maximum atomic E-state index is 12.7. The Morgan fingerprint density at radius 2 is 0.630 bits per heavy atom. The summed E-state index contributed by atoms with van der Waals surface area (Å²) in [4.78, 5) is 60.0. The van der Waals surface area contributed by atoms with Crippen molar-refractivity contribution in [3.63, 3.8) is 0 Å². The van der Waals surface area contributed by atoms with Crippen molar-refractivity contribution in [1.82, 2.24) is 82.7 Å². The number of H-pyrrole nitrogens is 1. The van der Waals surface area contributed by atoms with Crippen molar-refractivity contribution >= 4 is 67.5 Å². The number of aryl methyl sites for hydroxylation is 2. The van der Waals surface area contributed by atoms with E-state index in [-0.39, 0.29) is 46.0 Å². The number of benzene rings is 4. The number of anilines is 4. The molecule has 11 aromatic heterocycles. The maximum absolute atomic E-state index is 12.7. The summed E-state index contributed by atoms with van der Waals surface area (Å²) < 4.78 is 108. The van der Waals surface area contributed by atoms with Gasteiger partial charge in [0.05, 0.1) is 14.1 Å². The van der Waals surface area contributed by atoms with Crippen LogP contribution in [0.2, 0.25) is 0 Å². The fourth-order valence-corrected chi connectivity index (χ4v) is 11.9. The number of nitrogens with one attached hydrogen (secondary N) is 1. The zero-order valence-corrected chi connectivity index (χ0v) is 87.4. The summed E-state index contributed by atoms with van der Waals surface area (Å²) in [6.45, 7) is 15.8. The van der Waals surface area contributed by atoms with Gasteiger partial charge < -0.3 is 97.3 Å². The summed E-state index contributed by atoms with van der Waals surface area (Å²) in [6, 6.07) is 61.5. The van der Waals surface area contributed by atoms with E-state index in [1.807, 2.05) is 403 Å². The standard InChI is InChI=1S/2C20H21N5O.C18H15N5O.C13H15N5O.C12H9F2NO.C5H3F2NO.C5H3F2N.4C2H4N.CH3.2ClH.Pd.2Ru/c2*1-22-8-10-24(15-22)19-12-18(26-14-17-6-4-3-5-7-17)13-20(21-19)25-11-9-23(2)16-25;1-2-4-15(5-3-1)12-24-16-10-17(22-8-6-19-13-22)21-18(11-16)23-9-7-20-14-23;1-15-3-5-17(9-15)12-7-11(19)8-13(14-12)18-6-4-16(2)10-18;13-11-6-10(7-12(14)15-11)16-8-9-4-2-1-3-5-9;6-4-1-3(9)2-5(7)8-4;6-4-2-1-3-5(7)8-4;4*1-2-3;;;;;;/h2*3-13,15-16H,14H2,1-2H3;1-11,13-14H,12H2;3-10H,1-2H3,(H,14,19);1-7H,8H2;1-2H,(H,8,9);1-3H;4*2H,1H3;1H3;2*1H;;;/q-2;+2;;-2;;;;5*-1;;;;2*+1/p-2. The summed E-state index contributed by atoms with van der Waals surface area (Å²) in [5.41, 5.74) is 3.63. The first-order valence-corrected chi connectivity index (χ1v) is 47.4. The van der Waals surface area contributed by atoms with Gasteiger partial charge in [0.2, 0.25) is 48.1 Å². The first kappa shape index (κ1) is 121. The van der Waals surface area contributed by atoms with Crippen LogP contribution in [-0.2, 0) is 95.6 Å². The van der Waals surface area contributed by atoms with Gasteiger partial charge in [-0.1, -0.05) is 155 Å². The molecule has 0 spiro atoms. The third-order valence-electron chi connectivity index (χ3n) is 18.0. The van der Waals surface area contributed by atoms with Crippen LogP contribution < -0.4 is 53.1 Å². The number of ether oxygens (including phenoxy) is 4. The summed E-state index contributed by atoms with van der Waals surface area (Å²) in [5, 5.41) is 39.6. The summed E-state index contributed by atoms with van der Waals surface area (Å²) in [7, 11) is 21.0. The number of aromatic amines is 1. The number of nitrogens with zero attached hydrogens (tertiary/aromatic N) is 26. The molecule has 33 nitrogen and oxygen atoms in total. The first-order chi connectivity index (χ1) is 69.7. The van der Waals surface area contributed by atoms with Crippen molar-refractivity contribution in [2.45, 2.75) is 54.1 Å². The van der Waals surface area contributed by atoms with Crippen LogP contribution in [0.5, 0.6) is 28.7 Å². The minimum Gasteiger partial charge on any atom is -0.489 e. The van der Waals surface area contributed by atoms with Gasteiger partial charge in [0.1, 0.15) is 128 Å². The Morgan fingerprint density at radius 1 is 0.370 bits per heavy atom. The monoisotopic (exact) mass is 2300 g/mol. The van der Waals surface area contributed by atoms with E-state index in [2.05, 4.69) is 73.6 Å². The average molecular weight is 2300 g/mol. The molecule has 774 valence electrons. The Morgan fingerprint density at radius 3 is 0.870 bits per heavy atom. The molecule has 4 aromatic carbocycles. The molecule has 0 amide bonds. The zero-order valence-electron chi connectivity index (χ0n) is 80.9. The third kappa shape index (κ3) is 43.9. The fraction of sp³-hybridized carbons (Fsp3) is 0.137. The zero-order chi connectivity index (χ0) is 105. The molecule has 4 aliphatic heterocycles. The summed E-state index contributed by atoms with van der Waals surface area (Å²) in [6.07, 6.45) is 41.9. The van der Waals surface area contributed by atoms with Crippen LogP contribution in [0.1, 0.15) is 49.9 Å². The first-order valence-electron chi connectivity index (χ1n) is 43.0. The Bertz CT molecular complexity index is 6240. The molecule has 4 aliphatic rings. The number of aromatic hydroxyl groups is 1. The molecule has 19 rings (SSSR count). The van der Waals surface area contributed by atoms with E-state index in [9.17, 15) is 36.2 Å². The summed E-state index contributed by atoms with van der Waals surface area (Å²) >= 11 is 3.64. The van der Waals surface area contributed by atoms with Gasteiger partial charge in [0.15, 0.2) is 17.3 Å². The molecule has 0 saturated carbocycles. The van der Waals surface area contributed by atoms with Crippen LogP contribution in [-0.4, -0.2) is 141 Å². The SMILES string of the molecule is CC=[N-].CC=[N-].CC=[N-].CC=[N-].CN1C=CN(c2cc(O)cc(N3C=CN(C)[CH-]3)n2)[CH-]1.CN1C=CN(c2cc(OCc3ccccc3)cc(N3C=CN(C)[CH-]3)n2)[CH-]1.C[n+]1ccn(-c2cc(OCc3ccccc3)cc(-n3cc[n+](C)c3)n2)c1.Fc1cc(OCc2ccccc2)cc(F)n1.Fc1cccc(F)n1.O=c1cc(F)[nH]c(F)c1.[CH3-].[Cl][Ru].[Cl][Ru].[Pd].c1ccc(COc2cc(-n3ccnc3)nc(-n3ccnc3)c2)cc1. The van der Waals surface area contributed by atoms with Crippen molar-refractivity contribution in [3.8, 4) is 52.0 Å². The quantitative estimate of drug-likeness (QED) is 0.0179. The molecule has 15 heterocycles. The van der Waals surface area contributed by atoms with E-state index in [1.165, 1.54) is 6.07 Å². The van der Waals surface area contributed by atoms with Crippen molar-refractivity contribution in [2.24, 2.45) is 14.1 Å². The number of halogens is 8. The molecule has 146 heavy (non-hydrogen) atoms. The van der Waals surface area contributed by atoms with Gasteiger partial charge in [-0.15, -0.1) is 26.7 Å². The Balaban J connectivity index is 0.000000299. The molecule has 0 atom stereocenters. The third-order valence-corrected chi connectivity index (χ3v) is 18.0. The minimum absolute atomic E-state index is 0. The molecule has 15 aromatic rings. The van der Waals surface area contributed by atoms with Crippen molar-refractivity contribution in [2.75, 3.05) is 47.8 Å². The van der Waals surface area contributed by atoms with E-state index >= 15 is 0 Å². The van der Waals surface area contributed by atoms with E-state index in [0.29, 0.717) is 43.6 Å². The second kappa shape index (κ2) is 67.3. The van der Waals surface area contributed by atoms with E-state index in [0.717, 1.165) is 124 Å². The predicted molar refractivity (Wildman–Crippen MR) is 545 cm³/mol. The van der Waals surface area contributed by atoms with Crippen molar-refractivity contribution in [3.05, 3.63) is 461 Å². The molecule has 0 aliphatic carbocycles. The molecule has 0 radical (unpaired) electrons. The number of aromatic nitrogens is 15. The second-order valence-electron chi connectivity index (χ2n) is 29.3. The van der Waals surface area contributed by atoms with Gasteiger partial charge in [-0.2, -0.15) is 50.4 Å². The Hall–Kier alpha value is -15.3. The molecule has 2 N–H and O–H groups in total. The number of rotatable bonds is 20. The van der Waals surface area contributed by atoms with Gasteiger partial charge in [0.25, 0.3) is 0 Å². The van der Waals surface area contributed by atoms with Gasteiger partial charge in [0, 0.05) is 118 Å². The number of imidazole rings is 4. The van der Waals surface area contributed by atoms with E-state index < -0.39 is 41.1 Å². The van der Waals surface area contributed by atoms with Crippen LogP contribution in [0.4, 0.5) is 49.6 Å². The van der Waals surface area contributed by atoms with Crippen molar-refractivity contribution < 1.29 is 115 Å². The van der Waals surface area contributed by atoms with Gasteiger partial charge in [-0.3, -0.25) is 13.9 Å². The average Bonchev–Trinajstić information content (AvgIpc) is 1.66. The van der Waals surface area contributed by atoms with Gasteiger partial charge >= 0.3 is 54.0 Å². The van der Waals surface area contributed by atoms with E-state index in [4.69, 9.17) is 50.6 Å². The number of hydrogen-bond donors (Lipinski definition) is 2. The van der Waals surface area contributed by atoms with Crippen molar-refractivity contribution in [1.29, 1.82) is 0 Å². The Kier molecular flexibility index (Phi) is 55.8. The van der Waals surface area contributed by atoms with Crippen LogP contribution in [0.15, 0.2) is 342 Å². The van der Waals surface area contributed by atoms with Gasteiger partial charge in [-0.25, -0.2) is 58.9 Å². The summed E-state index contributed by atoms with van der Waals surface area (Å²) in [5.74, 6) is 3.41. The number of pyridine rings is 7. The molecule has 0 saturated heterocycles. The predicted octanol–water partition coefficient (Wildman–Crippen LogP) is 19.1. The number of hydrogen-bond acceptors (Lipinski definition) is 22. The maximum Gasteiger partial charge on any atom is 0.144 e. The van der Waals surface area contributed by atoms with E-state index in [1.54, 1.807) is 69.9 Å². The fourth-order valence-electron chi connectivity index (χ4n) is 11.9. The molecular weight excluding hydrogens is 2190 g/mol. The molecule has 0 bridgehead atoms. The Labute approximate surface area is 887 Å².